The van der Waals surface area contributed by atoms with Crippen LogP contribution in [0.15, 0.2) is 84.2 Å². The summed E-state index contributed by atoms with van der Waals surface area (Å²) in [5, 5.41) is 9.86. The predicted octanol–water partition coefficient (Wildman–Crippen LogP) is 5.75. The van der Waals surface area contributed by atoms with Gasteiger partial charge in [0.2, 0.25) is 5.91 Å². The molecule has 4 aliphatic rings. The Labute approximate surface area is 185 Å². The van der Waals surface area contributed by atoms with Gasteiger partial charge in [0, 0.05) is 11.6 Å². The molecule has 2 saturated carbocycles. The number of anilines is 1. The highest BCUT2D eigenvalue weighted by atomic mass is 19.1. The molecule has 0 bridgehead atoms. The quantitative estimate of drug-likeness (QED) is 0.613. The summed E-state index contributed by atoms with van der Waals surface area (Å²) in [6, 6.07) is 12.8. The smallest absolute Gasteiger partial charge is 0.233 e. The molecule has 2 aromatic carbocycles. The van der Waals surface area contributed by atoms with E-state index in [1.54, 1.807) is 24.3 Å². The van der Waals surface area contributed by atoms with E-state index in [4.69, 9.17) is 0 Å². The van der Waals surface area contributed by atoms with Gasteiger partial charge in [-0.05, 0) is 90.8 Å². The number of carbonyl (C=O) groups excluding carboxylic acids is 1. The highest BCUT2D eigenvalue weighted by Gasteiger charge is 2.76. The van der Waals surface area contributed by atoms with Crippen LogP contribution in [0.25, 0.3) is 0 Å². The molecule has 3 aliphatic carbocycles. The zero-order valence-electron chi connectivity index (χ0n) is 17.5. The molecule has 1 spiro atoms. The number of amides is 1. The van der Waals surface area contributed by atoms with Gasteiger partial charge in [-0.1, -0.05) is 24.3 Å². The van der Waals surface area contributed by atoms with Gasteiger partial charge >= 0.3 is 0 Å². The van der Waals surface area contributed by atoms with Crippen molar-refractivity contribution in [1.82, 2.24) is 0 Å². The second-order valence-electron chi connectivity index (χ2n) is 9.40. The van der Waals surface area contributed by atoms with E-state index in [0.717, 1.165) is 36.8 Å². The van der Waals surface area contributed by atoms with Gasteiger partial charge in [0.05, 0.1) is 11.5 Å². The maximum atomic E-state index is 13.5. The van der Waals surface area contributed by atoms with Crippen LogP contribution in [0.3, 0.4) is 0 Å². The van der Waals surface area contributed by atoms with E-state index in [2.05, 4.69) is 0 Å². The fraction of sp³-hybridized carbons (Fsp3) is 0.296. The average Bonchev–Trinajstić information content (AvgIpc) is 3.69. The normalized spacial score (nSPS) is 29.1. The number of hydrogen-bond donors (Lipinski definition) is 1. The van der Waals surface area contributed by atoms with Gasteiger partial charge in [0.1, 0.15) is 17.4 Å². The first-order valence-electron chi connectivity index (χ1n) is 11.1. The van der Waals surface area contributed by atoms with Crippen LogP contribution in [0.4, 0.5) is 14.5 Å². The maximum absolute atomic E-state index is 13.5. The zero-order valence-corrected chi connectivity index (χ0v) is 17.5. The van der Waals surface area contributed by atoms with Crippen LogP contribution >= 0.6 is 0 Å². The first-order chi connectivity index (χ1) is 15.5. The fourth-order valence-electron chi connectivity index (χ4n) is 5.93. The number of aliphatic hydroxyl groups is 1. The van der Waals surface area contributed by atoms with E-state index < -0.39 is 5.54 Å². The van der Waals surface area contributed by atoms with Crippen LogP contribution in [0, 0.1) is 23.5 Å². The Morgan fingerprint density at radius 3 is 2.28 bits per heavy atom. The van der Waals surface area contributed by atoms with Crippen molar-refractivity contribution in [3.05, 3.63) is 101 Å². The monoisotopic (exact) mass is 431 g/mol. The molecule has 1 saturated heterocycles. The third-order valence-electron chi connectivity index (χ3n) is 7.81. The van der Waals surface area contributed by atoms with Gasteiger partial charge in [-0.25, -0.2) is 8.78 Å². The molecule has 1 heterocycles. The third kappa shape index (κ3) is 2.66. The molecule has 32 heavy (non-hydrogen) atoms. The topological polar surface area (TPSA) is 40.5 Å². The number of aliphatic hydroxyl groups excluding tert-OH is 1. The summed E-state index contributed by atoms with van der Waals surface area (Å²) in [6.07, 6.45) is 11.0. The van der Waals surface area contributed by atoms with Gasteiger partial charge in [-0.15, -0.1) is 0 Å². The van der Waals surface area contributed by atoms with Crippen molar-refractivity contribution in [3.8, 4) is 0 Å². The molecule has 1 aliphatic heterocycles. The maximum Gasteiger partial charge on any atom is 0.233 e. The molecule has 1 N–H and O–H groups in total. The number of nitrogens with zero attached hydrogens (tertiary/aromatic N) is 1. The SMILES string of the molecule is O=C1[C@H](CCC2(c3ccc(F)cc3)CC2)C2(C3=CC=C(O)C=C[C@H]32)N1c1ccc(F)cc1. The molecular weight excluding hydrogens is 408 g/mol. The number of benzene rings is 2. The van der Waals surface area contributed by atoms with Crippen LogP contribution in [0.1, 0.15) is 31.2 Å². The highest BCUT2D eigenvalue weighted by molar-refractivity contribution is 6.09. The Bertz CT molecular complexity index is 1190. The number of β-lactam (4-membered cyclic amide) rings is 1. The van der Waals surface area contributed by atoms with E-state index in [0.29, 0.717) is 5.69 Å². The van der Waals surface area contributed by atoms with Crippen LogP contribution < -0.4 is 4.90 Å². The van der Waals surface area contributed by atoms with Crippen molar-refractivity contribution in [2.75, 3.05) is 4.90 Å². The Kier molecular flexibility index (Phi) is 4.04. The highest BCUT2D eigenvalue weighted by Crippen LogP contribution is 2.68. The minimum atomic E-state index is -0.443. The van der Waals surface area contributed by atoms with Crippen LogP contribution in [-0.4, -0.2) is 16.6 Å². The molecule has 0 radical (unpaired) electrons. The number of hydrogen-bond acceptors (Lipinski definition) is 2. The van der Waals surface area contributed by atoms with E-state index in [9.17, 15) is 18.7 Å². The molecule has 2 aromatic rings. The molecule has 5 heteroatoms. The summed E-state index contributed by atoms with van der Waals surface area (Å²) >= 11 is 0. The van der Waals surface area contributed by atoms with Crippen molar-refractivity contribution in [3.63, 3.8) is 0 Å². The minimum Gasteiger partial charge on any atom is -0.508 e. The fourth-order valence-corrected chi connectivity index (χ4v) is 5.93. The second kappa shape index (κ2) is 6.64. The Morgan fingerprint density at radius 2 is 1.62 bits per heavy atom. The first kappa shape index (κ1) is 19.5. The summed E-state index contributed by atoms with van der Waals surface area (Å²) in [6.45, 7) is 0. The van der Waals surface area contributed by atoms with Crippen molar-refractivity contribution < 1.29 is 18.7 Å². The molecule has 3 nitrogen and oxygen atoms in total. The lowest BCUT2D eigenvalue weighted by Gasteiger charge is -2.49. The molecule has 3 fully saturated rings. The molecule has 162 valence electrons. The summed E-state index contributed by atoms with van der Waals surface area (Å²) in [5.74, 6) is -0.442. The Morgan fingerprint density at radius 1 is 0.969 bits per heavy atom. The van der Waals surface area contributed by atoms with E-state index in [-0.39, 0.29) is 40.6 Å². The van der Waals surface area contributed by atoms with E-state index in [1.807, 2.05) is 29.2 Å². The van der Waals surface area contributed by atoms with Gasteiger partial charge in [0.15, 0.2) is 0 Å². The number of rotatable bonds is 5. The average molecular weight is 431 g/mol. The summed E-state index contributed by atoms with van der Waals surface area (Å²) in [4.78, 5) is 15.2. The summed E-state index contributed by atoms with van der Waals surface area (Å²) < 4.78 is 26.9. The molecule has 3 atom stereocenters. The van der Waals surface area contributed by atoms with Crippen LogP contribution in [0.5, 0.6) is 0 Å². The second-order valence-corrected chi connectivity index (χ2v) is 9.40. The lowest BCUT2D eigenvalue weighted by molar-refractivity contribution is -0.131. The van der Waals surface area contributed by atoms with Crippen molar-refractivity contribution in [1.29, 1.82) is 0 Å². The van der Waals surface area contributed by atoms with Crippen molar-refractivity contribution >= 4 is 11.6 Å². The lowest BCUT2D eigenvalue weighted by Crippen LogP contribution is -2.65. The van der Waals surface area contributed by atoms with Gasteiger partial charge < -0.3 is 10.0 Å². The van der Waals surface area contributed by atoms with E-state index in [1.165, 1.54) is 24.3 Å². The predicted molar refractivity (Wildman–Crippen MR) is 118 cm³/mol. The minimum absolute atomic E-state index is 0.0325. The summed E-state index contributed by atoms with van der Waals surface area (Å²) in [5.41, 5.74) is 2.54. The standard InChI is InChI=1S/C27H23F2NO2/c28-18-3-1-17(2-4-18)26(15-16-26)14-13-24-25(32)30(20-7-5-19(29)6-8-20)27(24)22-11-9-21(31)10-12-23(22)27/h1-12,22,24,31H,13-16H2/t22-,24+,27?/m1/s1. The summed E-state index contributed by atoms with van der Waals surface area (Å²) in [7, 11) is 0. The van der Waals surface area contributed by atoms with Crippen LogP contribution in [-0.2, 0) is 10.2 Å². The molecular formula is C27H23F2NO2. The largest absolute Gasteiger partial charge is 0.508 e. The van der Waals surface area contributed by atoms with E-state index >= 15 is 0 Å². The molecule has 6 rings (SSSR count). The van der Waals surface area contributed by atoms with Crippen molar-refractivity contribution in [2.45, 2.75) is 36.6 Å². The van der Waals surface area contributed by atoms with Gasteiger partial charge in [-0.2, -0.15) is 0 Å². The molecule has 0 aromatic heterocycles. The Hall–Kier alpha value is -3.21. The number of allylic oxidation sites excluding steroid dienone is 3. The molecule has 1 amide bonds. The third-order valence-corrected chi connectivity index (χ3v) is 7.81. The van der Waals surface area contributed by atoms with Gasteiger partial charge in [0.25, 0.3) is 0 Å². The Balaban J connectivity index is 1.31. The van der Waals surface area contributed by atoms with Crippen molar-refractivity contribution in [2.24, 2.45) is 11.8 Å². The van der Waals surface area contributed by atoms with Crippen LogP contribution in [0.2, 0.25) is 0 Å². The zero-order chi connectivity index (χ0) is 22.1. The lowest BCUT2D eigenvalue weighted by atomic mass is 9.75. The number of carbonyl (C=O) groups is 1. The number of halogens is 2. The van der Waals surface area contributed by atoms with Gasteiger partial charge in [-0.3, -0.25) is 4.79 Å². The molecule has 1 unspecified atom stereocenters. The first-order valence-corrected chi connectivity index (χ1v) is 11.1. The number of fused-ring (bicyclic) bond motifs is 3.